The van der Waals surface area contributed by atoms with Crippen LogP contribution in [0.25, 0.3) is 0 Å². The zero-order chi connectivity index (χ0) is 12.9. The van der Waals surface area contributed by atoms with Crippen molar-refractivity contribution in [3.63, 3.8) is 0 Å². The van der Waals surface area contributed by atoms with Gasteiger partial charge in [0.25, 0.3) is 5.79 Å². The molecule has 0 aromatic rings. The fraction of sp³-hybridized carbons (Fsp3) is 0.750. The van der Waals surface area contributed by atoms with Crippen LogP contribution in [-0.2, 0) is 23.7 Å². The summed E-state index contributed by atoms with van der Waals surface area (Å²) in [4.78, 5) is 11.9. The molecule has 3 aliphatic heterocycles. The van der Waals surface area contributed by atoms with Gasteiger partial charge in [-0.15, -0.1) is 0 Å². The average Bonchev–Trinajstić information content (AvgIpc) is 2.73. The van der Waals surface area contributed by atoms with Crippen molar-refractivity contribution >= 4 is 5.97 Å². The predicted molar refractivity (Wildman–Crippen MR) is 58.1 cm³/mol. The zero-order valence-electron chi connectivity index (χ0n) is 10.3. The van der Waals surface area contributed by atoms with Crippen LogP contribution in [-0.4, -0.2) is 42.5 Å². The van der Waals surface area contributed by atoms with E-state index in [9.17, 15) is 9.90 Å². The lowest BCUT2D eigenvalue weighted by molar-refractivity contribution is -0.329. The highest BCUT2D eigenvalue weighted by Gasteiger charge is 2.59. The molecule has 4 atom stereocenters. The summed E-state index contributed by atoms with van der Waals surface area (Å²) in [5.74, 6) is -1.73. The molecule has 0 aromatic carbocycles. The lowest BCUT2D eigenvalue weighted by Gasteiger charge is -2.44. The maximum Gasteiger partial charge on any atom is 0.337 e. The van der Waals surface area contributed by atoms with Gasteiger partial charge in [-0.25, -0.2) is 4.79 Å². The number of esters is 1. The number of hydrogen-bond donors (Lipinski definition) is 1. The van der Waals surface area contributed by atoms with E-state index in [1.807, 2.05) is 0 Å². The van der Waals surface area contributed by atoms with Gasteiger partial charge in [-0.3, -0.25) is 0 Å². The molecule has 100 valence electrons. The van der Waals surface area contributed by atoms with Crippen LogP contribution >= 0.6 is 0 Å². The van der Waals surface area contributed by atoms with E-state index in [0.717, 1.165) is 0 Å². The van der Waals surface area contributed by atoms with Crippen molar-refractivity contribution < 1.29 is 28.8 Å². The lowest BCUT2D eigenvalue weighted by Crippen LogP contribution is -2.55. The van der Waals surface area contributed by atoms with Crippen molar-refractivity contribution in [2.45, 2.75) is 38.4 Å². The first-order valence-electron chi connectivity index (χ1n) is 6.11. The molecular formula is C12H16O6. The highest BCUT2D eigenvalue weighted by Crippen LogP contribution is 2.47. The predicted octanol–water partition coefficient (Wildman–Crippen LogP) is 0.304. The van der Waals surface area contributed by atoms with E-state index in [1.54, 1.807) is 13.8 Å². The SMILES string of the molecule is CCOC(=O)C1=C(C)OC2(O)C[C@H]1C1CO[C@@H]2O1. The van der Waals surface area contributed by atoms with Gasteiger partial charge in [-0.2, -0.15) is 0 Å². The minimum absolute atomic E-state index is 0.214. The number of aliphatic hydroxyl groups is 1. The van der Waals surface area contributed by atoms with Crippen LogP contribution in [0.3, 0.4) is 0 Å². The van der Waals surface area contributed by atoms with Crippen LogP contribution in [0.15, 0.2) is 11.3 Å². The van der Waals surface area contributed by atoms with E-state index in [4.69, 9.17) is 18.9 Å². The summed E-state index contributed by atoms with van der Waals surface area (Å²) in [6.07, 6.45) is -0.681. The molecule has 0 aliphatic carbocycles. The van der Waals surface area contributed by atoms with Crippen molar-refractivity contribution in [2.24, 2.45) is 5.92 Å². The Balaban J connectivity index is 1.97. The molecule has 2 unspecified atom stereocenters. The Hall–Kier alpha value is -1.11. The van der Waals surface area contributed by atoms with Gasteiger partial charge in [0.05, 0.1) is 24.9 Å². The van der Waals surface area contributed by atoms with E-state index in [1.165, 1.54) is 0 Å². The van der Waals surface area contributed by atoms with Gasteiger partial charge in [0.1, 0.15) is 5.76 Å². The molecule has 2 fully saturated rings. The summed E-state index contributed by atoms with van der Waals surface area (Å²) in [5, 5.41) is 10.3. The summed E-state index contributed by atoms with van der Waals surface area (Å²) in [6.45, 7) is 4.07. The third-order valence-electron chi connectivity index (χ3n) is 3.61. The average molecular weight is 256 g/mol. The van der Waals surface area contributed by atoms with Crippen LogP contribution in [0.2, 0.25) is 0 Å². The summed E-state index contributed by atoms with van der Waals surface area (Å²) in [6, 6.07) is 0. The number of hydrogen-bond acceptors (Lipinski definition) is 6. The van der Waals surface area contributed by atoms with Crippen molar-refractivity contribution in [3.8, 4) is 0 Å². The highest BCUT2D eigenvalue weighted by molar-refractivity contribution is 5.90. The summed E-state index contributed by atoms with van der Waals surface area (Å²) >= 11 is 0. The third-order valence-corrected chi connectivity index (χ3v) is 3.61. The largest absolute Gasteiger partial charge is 0.463 e. The molecule has 6 heteroatoms. The summed E-state index contributed by atoms with van der Waals surface area (Å²) < 4.78 is 21.4. The van der Waals surface area contributed by atoms with Crippen molar-refractivity contribution in [3.05, 3.63) is 11.3 Å². The van der Waals surface area contributed by atoms with Gasteiger partial charge in [0, 0.05) is 12.3 Å². The van der Waals surface area contributed by atoms with E-state index in [-0.39, 0.29) is 12.0 Å². The number of ether oxygens (including phenoxy) is 4. The summed E-state index contributed by atoms with van der Waals surface area (Å²) in [7, 11) is 0. The van der Waals surface area contributed by atoms with Crippen molar-refractivity contribution in [2.75, 3.05) is 13.2 Å². The first-order valence-corrected chi connectivity index (χ1v) is 6.11. The molecule has 1 N–H and O–H groups in total. The standard InChI is InChI=1S/C12H16O6/c1-3-15-10(13)9-6(2)18-12(14)4-7(9)8-5-16-11(12)17-8/h7-8,11,14H,3-5H2,1-2H3/t7-,8?,11+,12?/m0/s1. The molecule has 0 radical (unpaired) electrons. The first kappa shape index (κ1) is 12.0. The molecule has 0 aromatic heterocycles. The smallest absolute Gasteiger partial charge is 0.337 e. The minimum Gasteiger partial charge on any atom is -0.463 e. The minimum atomic E-state index is -1.49. The topological polar surface area (TPSA) is 74.2 Å². The quantitative estimate of drug-likeness (QED) is 0.716. The van der Waals surface area contributed by atoms with Gasteiger partial charge in [0.2, 0.25) is 6.29 Å². The molecule has 6 nitrogen and oxygen atoms in total. The maximum absolute atomic E-state index is 11.9. The van der Waals surface area contributed by atoms with E-state index in [2.05, 4.69) is 0 Å². The van der Waals surface area contributed by atoms with Gasteiger partial charge >= 0.3 is 5.97 Å². The number of carbonyl (C=O) groups excluding carboxylic acids is 1. The highest BCUT2D eigenvalue weighted by atomic mass is 16.8. The Kier molecular flexibility index (Phi) is 2.62. The van der Waals surface area contributed by atoms with Crippen molar-refractivity contribution in [1.82, 2.24) is 0 Å². The van der Waals surface area contributed by atoms with E-state index in [0.29, 0.717) is 31.0 Å². The first-order chi connectivity index (χ1) is 8.55. The monoisotopic (exact) mass is 256 g/mol. The third kappa shape index (κ3) is 1.56. The van der Waals surface area contributed by atoms with Gasteiger partial charge in [0.15, 0.2) is 0 Å². The summed E-state index contributed by atoms with van der Waals surface area (Å²) in [5.41, 5.74) is 0.454. The Bertz CT molecular complexity index is 417. The Labute approximate surface area is 104 Å². The number of carbonyl (C=O) groups is 1. The second kappa shape index (κ2) is 3.94. The molecule has 0 spiro atoms. The van der Waals surface area contributed by atoms with Crippen molar-refractivity contribution in [1.29, 1.82) is 0 Å². The van der Waals surface area contributed by atoms with Crippen LogP contribution in [0.1, 0.15) is 20.3 Å². The Morgan fingerprint density at radius 1 is 1.61 bits per heavy atom. The molecule has 3 rings (SSSR count). The van der Waals surface area contributed by atoms with Crippen LogP contribution in [0.5, 0.6) is 0 Å². The molecule has 3 aliphatic rings. The maximum atomic E-state index is 11.9. The van der Waals surface area contributed by atoms with Gasteiger partial charge in [-0.05, 0) is 13.8 Å². The Morgan fingerprint density at radius 3 is 3.11 bits per heavy atom. The second-order valence-electron chi connectivity index (χ2n) is 4.79. The lowest BCUT2D eigenvalue weighted by atomic mass is 9.82. The molecule has 0 saturated carbocycles. The second-order valence-corrected chi connectivity index (χ2v) is 4.79. The Morgan fingerprint density at radius 2 is 2.39 bits per heavy atom. The number of fused-ring (bicyclic) bond motifs is 6. The molecule has 18 heavy (non-hydrogen) atoms. The van der Waals surface area contributed by atoms with Crippen LogP contribution < -0.4 is 0 Å². The normalized spacial score (nSPS) is 41.6. The fourth-order valence-corrected chi connectivity index (χ4v) is 2.87. The number of allylic oxidation sites excluding steroid dienone is 1. The molecule has 2 saturated heterocycles. The van der Waals surface area contributed by atoms with E-state index >= 15 is 0 Å². The molecule has 0 amide bonds. The number of rotatable bonds is 2. The van der Waals surface area contributed by atoms with E-state index < -0.39 is 18.0 Å². The molecule has 3 heterocycles. The van der Waals surface area contributed by atoms with Crippen LogP contribution in [0.4, 0.5) is 0 Å². The van der Waals surface area contributed by atoms with Gasteiger partial charge in [-0.1, -0.05) is 0 Å². The molecular weight excluding hydrogens is 240 g/mol. The van der Waals surface area contributed by atoms with Gasteiger partial charge < -0.3 is 24.1 Å². The molecule has 4 bridgehead atoms. The van der Waals surface area contributed by atoms with Crippen LogP contribution in [0, 0.1) is 5.92 Å². The zero-order valence-corrected chi connectivity index (χ0v) is 10.3. The fourth-order valence-electron chi connectivity index (χ4n) is 2.87.